The number of piperidine rings is 1. The van der Waals surface area contributed by atoms with Gasteiger partial charge in [0.2, 0.25) is 0 Å². The van der Waals surface area contributed by atoms with Gasteiger partial charge in [-0.2, -0.15) is 0 Å². The molecule has 0 radical (unpaired) electrons. The molecule has 0 spiro atoms. The number of carbonyl (C=O) groups is 1. The molecule has 4 atom stereocenters. The first-order valence-electron chi connectivity index (χ1n) is 13.2. The van der Waals surface area contributed by atoms with Crippen LogP contribution < -0.4 is 0 Å². The van der Waals surface area contributed by atoms with Crippen molar-refractivity contribution in [1.29, 1.82) is 0 Å². The SMILES string of the molecule is O=C(O)CCC/C=C\C[C@@H]1[C@@H](N2CCCCC2)[C@H](O)C[C@@H]1OCc1ccc(-c2ccccc2)cc1. The predicted molar refractivity (Wildman–Crippen MR) is 139 cm³/mol. The fourth-order valence-electron chi connectivity index (χ4n) is 5.64. The topological polar surface area (TPSA) is 70.0 Å². The summed E-state index contributed by atoms with van der Waals surface area (Å²) in [4.78, 5) is 13.2. The highest BCUT2D eigenvalue weighted by molar-refractivity contribution is 5.66. The minimum Gasteiger partial charge on any atom is -0.481 e. The number of hydrogen-bond acceptors (Lipinski definition) is 4. The highest BCUT2D eigenvalue weighted by atomic mass is 16.5. The summed E-state index contributed by atoms with van der Waals surface area (Å²) in [5, 5.41) is 19.9. The molecule has 0 aromatic heterocycles. The van der Waals surface area contributed by atoms with Crippen LogP contribution in [0, 0.1) is 5.92 Å². The summed E-state index contributed by atoms with van der Waals surface area (Å²) >= 11 is 0. The third kappa shape index (κ3) is 7.26. The van der Waals surface area contributed by atoms with Gasteiger partial charge in [0.1, 0.15) is 0 Å². The normalized spacial score (nSPS) is 25.3. The van der Waals surface area contributed by atoms with Crippen molar-refractivity contribution in [3.63, 3.8) is 0 Å². The Morgan fingerprint density at radius 3 is 2.40 bits per heavy atom. The summed E-state index contributed by atoms with van der Waals surface area (Å²) in [6, 6.07) is 19.0. The van der Waals surface area contributed by atoms with Crippen LogP contribution in [0.5, 0.6) is 0 Å². The lowest BCUT2D eigenvalue weighted by molar-refractivity contribution is -0.137. The third-order valence-corrected chi connectivity index (χ3v) is 7.46. The smallest absolute Gasteiger partial charge is 0.303 e. The molecule has 0 bridgehead atoms. The van der Waals surface area contributed by atoms with E-state index in [-0.39, 0.29) is 30.6 Å². The van der Waals surface area contributed by atoms with E-state index >= 15 is 0 Å². The molecule has 1 saturated heterocycles. The number of hydrogen-bond donors (Lipinski definition) is 2. The number of aliphatic hydroxyl groups excluding tert-OH is 1. The Kier molecular flexibility index (Phi) is 9.52. The van der Waals surface area contributed by atoms with Gasteiger partial charge in [0, 0.05) is 24.8 Å². The minimum atomic E-state index is -0.743. The number of ether oxygens (including phenoxy) is 1. The second-order valence-electron chi connectivity index (χ2n) is 9.96. The van der Waals surface area contributed by atoms with Crippen LogP contribution in [-0.4, -0.2) is 52.4 Å². The number of likely N-dealkylation sites (tertiary alicyclic amines) is 1. The van der Waals surface area contributed by atoms with Gasteiger partial charge in [0.25, 0.3) is 0 Å². The largest absolute Gasteiger partial charge is 0.481 e. The highest BCUT2D eigenvalue weighted by Crippen LogP contribution is 2.37. The standard InChI is InChI=1S/C30H39NO4/c32-27-21-28(35-22-23-15-17-25(18-16-23)24-11-5-3-6-12-24)26(13-7-1-2-8-14-29(33)34)30(27)31-19-9-4-10-20-31/h1,3,5-7,11-12,15-18,26-28,30,32H,2,4,8-10,13-14,19-22H2,(H,33,34)/b7-1-/t26-,27+,28-,30+/m0/s1. The fourth-order valence-corrected chi connectivity index (χ4v) is 5.64. The lowest BCUT2D eigenvalue weighted by Gasteiger charge is -2.37. The molecule has 1 heterocycles. The molecule has 2 aliphatic rings. The van der Waals surface area contributed by atoms with Gasteiger partial charge >= 0.3 is 5.97 Å². The number of carboxylic acids is 1. The number of benzene rings is 2. The highest BCUT2D eigenvalue weighted by Gasteiger charge is 2.45. The summed E-state index contributed by atoms with van der Waals surface area (Å²) < 4.78 is 6.45. The fraction of sp³-hybridized carbons (Fsp3) is 0.500. The molecular weight excluding hydrogens is 438 g/mol. The predicted octanol–water partition coefficient (Wildman–Crippen LogP) is 5.68. The number of unbranched alkanes of at least 4 members (excludes halogenated alkanes) is 1. The Bertz CT molecular complexity index is 937. The molecule has 1 aliphatic carbocycles. The molecular formula is C30H39NO4. The number of rotatable bonds is 11. The Balaban J connectivity index is 1.38. The van der Waals surface area contributed by atoms with E-state index in [2.05, 4.69) is 65.6 Å². The van der Waals surface area contributed by atoms with Crippen LogP contribution in [0.25, 0.3) is 11.1 Å². The zero-order valence-electron chi connectivity index (χ0n) is 20.6. The molecule has 5 heteroatoms. The minimum absolute atomic E-state index is 0.00870. The van der Waals surface area contributed by atoms with Gasteiger partial charge in [-0.1, -0.05) is 73.2 Å². The second-order valence-corrected chi connectivity index (χ2v) is 9.96. The molecule has 2 aromatic carbocycles. The van der Waals surface area contributed by atoms with Crippen molar-refractivity contribution in [2.45, 2.75) is 76.2 Å². The molecule has 1 saturated carbocycles. The first-order chi connectivity index (χ1) is 17.1. The van der Waals surface area contributed by atoms with Gasteiger partial charge < -0.3 is 14.9 Å². The molecule has 188 valence electrons. The molecule has 35 heavy (non-hydrogen) atoms. The number of aliphatic carboxylic acids is 1. The van der Waals surface area contributed by atoms with E-state index in [0.29, 0.717) is 19.4 Å². The average molecular weight is 478 g/mol. The molecule has 0 unspecified atom stereocenters. The maximum Gasteiger partial charge on any atom is 0.303 e. The van der Waals surface area contributed by atoms with Gasteiger partial charge in [-0.05, 0) is 61.9 Å². The van der Waals surface area contributed by atoms with E-state index in [9.17, 15) is 9.90 Å². The van der Waals surface area contributed by atoms with Crippen LogP contribution in [0.15, 0.2) is 66.7 Å². The van der Waals surface area contributed by atoms with Crippen molar-refractivity contribution in [1.82, 2.24) is 4.90 Å². The zero-order valence-corrected chi connectivity index (χ0v) is 20.6. The van der Waals surface area contributed by atoms with Crippen LogP contribution in [0.3, 0.4) is 0 Å². The first kappa shape index (κ1) is 25.6. The van der Waals surface area contributed by atoms with Crippen LogP contribution >= 0.6 is 0 Å². The van der Waals surface area contributed by atoms with Crippen molar-refractivity contribution in [3.8, 4) is 11.1 Å². The van der Waals surface area contributed by atoms with Crippen LogP contribution in [-0.2, 0) is 16.1 Å². The molecule has 2 N–H and O–H groups in total. The lowest BCUT2D eigenvalue weighted by atomic mass is 9.93. The summed E-state index contributed by atoms with van der Waals surface area (Å²) in [6.07, 6.45) is 10.7. The van der Waals surface area contributed by atoms with E-state index in [1.807, 2.05) is 6.07 Å². The summed E-state index contributed by atoms with van der Waals surface area (Å²) in [5.41, 5.74) is 3.55. The Morgan fingerprint density at radius 2 is 1.69 bits per heavy atom. The van der Waals surface area contributed by atoms with E-state index in [1.54, 1.807) is 0 Å². The monoisotopic (exact) mass is 477 g/mol. The quantitative estimate of drug-likeness (QED) is 0.322. The number of aliphatic hydroxyl groups is 1. The van der Waals surface area contributed by atoms with E-state index < -0.39 is 5.97 Å². The average Bonchev–Trinajstić information content (AvgIpc) is 3.20. The second kappa shape index (κ2) is 13.0. The number of carboxylic acid groups (broad SMARTS) is 1. The van der Waals surface area contributed by atoms with Gasteiger partial charge in [-0.25, -0.2) is 0 Å². The summed E-state index contributed by atoms with van der Waals surface area (Å²) in [7, 11) is 0. The van der Waals surface area contributed by atoms with Crippen molar-refractivity contribution < 1.29 is 19.7 Å². The van der Waals surface area contributed by atoms with Crippen molar-refractivity contribution >= 4 is 5.97 Å². The summed E-state index contributed by atoms with van der Waals surface area (Å²) in [5.74, 6) is -0.504. The van der Waals surface area contributed by atoms with Gasteiger partial charge in [0.05, 0.1) is 18.8 Å². The molecule has 2 fully saturated rings. The molecule has 0 amide bonds. The molecule has 4 rings (SSSR count). The van der Waals surface area contributed by atoms with Crippen LogP contribution in [0.2, 0.25) is 0 Å². The van der Waals surface area contributed by atoms with E-state index in [1.165, 1.54) is 30.4 Å². The van der Waals surface area contributed by atoms with E-state index in [4.69, 9.17) is 9.84 Å². The zero-order chi connectivity index (χ0) is 24.5. The molecule has 1 aliphatic heterocycles. The van der Waals surface area contributed by atoms with Crippen molar-refractivity contribution in [2.75, 3.05) is 13.1 Å². The van der Waals surface area contributed by atoms with Gasteiger partial charge in [0.15, 0.2) is 0 Å². The molecule has 2 aromatic rings. The Hall–Kier alpha value is -2.47. The van der Waals surface area contributed by atoms with Gasteiger partial charge in [-0.3, -0.25) is 9.69 Å². The number of allylic oxidation sites excluding steroid dienone is 2. The van der Waals surface area contributed by atoms with Gasteiger partial charge in [-0.15, -0.1) is 0 Å². The first-order valence-corrected chi connectivity index (χ1v) is 13.2. The number of nitrogens with zero attached hydrogens (tertiary/aromatic N) is 1. The van der Waals surface area contributed by atoms with E-state index in [0.717, 1.165) is 31.5 Å². The van der Waals surface area contributed by atoms with Crippen LogP contribution in [0.1, 0.15) is 56.9 Å². The lowest BCUT2D eigenvalue weighted by Crippen LogP contribution is -2.47. The Labute approximate surface area is 209 Å². The maximum absolute atomic E-state index is 11.0. The summed E-state index contributed by atoms with van der Waals surface area (Å²) in [6.45, 7) is 2.64. The van der Waals surface area contributed by atoms with Crippen molar-refractivity contribution in [3.05, 3.63) is 72.3 Å². The Morgan fingerprint density at radius 1 is 0.971 bits per heavy atom. The van der Waals surface area contributed by atoms with Crippen LogP contribution in [0.4, 0.5) is 0 Å². The molecule has 5 nitrogen and oxygen atoms in total. The van der Waals surface area contributed by atoms with Crippen molar-refractivity contribution in [2.24, 2.45) is 5.92 Å². The third-order valence-electron chi connectivity index (χ3n) is 7.46. The maximum atomic E-state index is 11.0.